The summed E-state index contributed by atoms with van der Waals surface area (Å²) in [6.45, 7) is 2.70. The van der Waals surface area contributed by atoms with Crippen LogP contribution in [0.5, 0.6) is 0 Å². The molecule has 16 heavy (non-hydrogen) atoms. The molecule has 2 aromatic rings. The zero-order chi connectivity index (χ0) is 11.5. The number of aryl methyl sites for hydroxylation is 1. The fourth-order valence-corrected chi connectivity index (χ4v) is 1.63. The lowest BCUT2D eigenvalue weighted by Crippen LogP contribution is -1.99. The summed E-state index contributed by atoms with van der Waals surface area (Å²) in [6, 6.07) is 6.44. The average Bonchev–Trinajstić information content (AvgIpc) is 2.76. The van der Waals surface area contributed by atoms with Crippen LogP contribution in [0.3, 0.4) is 0 Å². The predicted octanol–water partition coefficient (Wildman–Crippen LogP) is 2.58. The number of aromatic nitrogens is 2. The van der Waals surface area contributed by atoms with E-state index in [1.54, 1.807) is 24.5 Å². The van der Waals surface area contributed by atoms with Gasteiger partial charge in [-0.15, -0.1) is 0 Å². The van der Waals surface area contributed by atoms with E-state index in [9.17, 15) is 4.39 Å². The Balaban J connectivity index is 2.66. The van der Waals surface area contributed by atoms with Crippen molar-refractivity contribution in [3.8, 4) is 17.5 Å². The Bertz CT molecular complexity index is 552. The Morgan fingerprint density at radius 1 is 1.50 bits per heavy atom. The third kappa shape index (κ3) is 1.57. The highest BCUT2D eigenvalue weighted by molar-refractivity contribution is 5.65. The van der Waals surface area contributed by atoms with Gasteiger partial charge in [-0.25, -0.2) is 9.37 Å². The van der Waals surface area contributed by atoms with Crippen LogP contribution in [0.4, 0.5) is 4.39 Å². The molecule has 0 unspecified atom stereocenters. The SMILES string of the molecule is CCn1ccnc1-c1cccc(F)c1C#N. The minimum absolute atomic E-state index is 0.0448. The highest BCUT2D eigenvalue weighted by Gasteiger charge is 2.13. The second kappa shape index (κ2) is 4.15. The Kier molecular flexibility index (Phi) is 2.69. The first-order valence-corrected chi connectivity index (χ1v) is 4.98. The smallest absolute Gasteiger partial charge is 0.141 e. The molecule has 1 heterocycles. The number of benzene rings is 1. The summed E-state index contributed by atoms with van der Waals surface area (Å²) < 4.78 is 15.3. The van der Waals surface area contributed by atoms with Crippen molar-refractivity contribution >= 4 is 0 Å². The standard InChI is InChI=1S/C12H10FN3/c1-2-16-7-6-15-12(16)9-4-3-5-11(13)10(9)8-14/h3-7H,2H2,1H3. The molecule has 0 fully saturated rings. The van der Waals surface area contributed by atoms with Gasteiger partial charge in [-0.05, 0) is 19.1 Å². The van der Waals surface area contributed by atoms with Gasteiger partial charge in [-0.1, -0.05) is 6.07 Å². The second-order valence-electron chi connectivity index (χ2n) is 3.31. The van der Waals surface area contributed by atoms with Crippen molar-refractivity contribution in [1.82, 2.24) is 9.55 Å². The summed E-state index contributed by atoms with van der Waals surface area (Å²) in [5.74, 6) is 0.115. The highest BCUT2D eigenvalue weighted by atomic mass is 19.1. The molecule has 3 nitrogen and oxygen atoms in total. The molecular weight excluding hydrogens is 205 g/mol. The van der Waals surface area contributed by atoms with Gasteiger partial charge >= 0.3 is 0 Å². The molecule has 1 aromatic heterocycles. The number of rotatable bonds is 2. The lowest BCUT2D eigenvalue weighted by Gasteiger charge is -2.06. The maximum atomic E-state index is 13.4. The predicted molar refractivity (Wildman–Crippen MR) is 58.0 cm³/mol. The maximum absolute atomic E-state index is 13.4. The summed E-state index contributed by atoms with van der Waals surface area (Å²) in [5.41, 5.74) is 0.581. The van der Waals surface area contributed by atoms with Gasteiger partial charge in [-0.2, -0.15) is 5.26 Å². The number of nitriles is 1. The molecule has 0 bridgehead atoms. The summed E-state index contributed by atoms with van der Waals surface area (Å²) in [4.78, 5) is 4.15. The van der Waals surface area contributed by atoms with E-state index in [1.807, 2.05) is 17.6 Å². The van der Waals surface area contributed by atoms with Gasteiger partial charge in [0.2, 0.25) is 0 Å². The highest BCUT2D eigenvalue weighted by Crippen LogP contribution is 2.23. The minimum atomic E-state index is -0.509. The Hall–Kier alpha value is -2.15. The van der Waals surface area contributed by atoms with Crippen molar-refractivity contribution in [2.24, 2.45) is 0 Å². The van der Waals surface area contributed by atoms with Gasteiger partial charge in [-0.3, -0.25) is 0 Å². The molecule has 0 aliphatic rings. The van der Waals surface area contributed by atoms with Crippen LogP contribution in [-0.2, 0) is 6.54 Å². The molecule has 0 saturated heterocycles. The van der Waals surface area contributed by atoms with Crippen molar-refractivity contribution in [3.05, 3.63) is 42.0 Å². The summed E-state index contributed by atoms with van der Waals surface area (Å²) >= 11 is 0. The van der Waals surface area contributed by atoms with E-state index in [0.29, 0.717) is 11.4 Å². The first-order chi connectivity index (χ1) is 7.77. The van der Waals surface area contributed by atoms with Crippen LogP contribution < -0.4 is 0 Å². The fraction of sp³-hybridized carbons (Fsp3) is 0.167. The van der Waals surface area contributed by atoms with Crippen LogP contribution in [0.1, 0.15) is 12.5 Å². The number of hydrogen-bond acceptors (Lipinski definition) is 2. The lowest BCUT2D eigenvalue weighted by molar-refractivity contribution is 0.624. The molecule has 0 amide bonds. The zero-order valence-corrected chi connectivity index (χ0v) is 8.81. The first kappa shape index (κ1) is 10.4. The number of hydrogen-bond donors (Lipinski definition) is 0. The van der Waals surface area contributed by atoms with E-state index in [1.165, 1.54) is 6.07 Å². The van der Waals surface area contributed by atoms with Crippen molar-refractivity contribution in [2.75, 3.05) is 0 Å². The average molecular weight is 215 g/mol. The number of halogens is 1. The van der Waals surface area contributed by atoms with E-state index in [2.05, 4.69) is 4.98 Å². The molecule has 0 aliphatic carbocycles. The van der Waals surface area contributed by atoms with Crippen LogP contribution in [-0.4, -0.2) is 9.55 Å². The first-order valence-electron chi connectivity index (χ1n) is 4.98. The van der Waals surface area contributed by atoms with Gasteiger partial charge < -0.3 is 4.57 Å². The van der Waals surface area contributed by atoms with Gasteiger partial charge in [0.25, 0.3) is 0 Å². The number of nitrogens with zero attached hydrogens (tertiary/aromatic N) is 3. The third-order valence-corrected chi connectivity index (χ3v) is 2.42. The fourth-order valence-electron chi connectivity index (χ4n) is 1.63. The van der Waals surface area contributed by atoms with Crippen molar-refractivity contribution in [2.45, 2.75) is 13.5 Å². The Morgan fingerprint density at radius 2 is 2.31 bits per heavy atom. The Labute approximate surface area is 92.8 Å². The van der Waals surface area contributed by atoms with E-state index < -0.39 is 5.82 Å². The van der Waals surface area contributed by atoms with E-state index in [-0.39, 0.29) is 5.56 Å². The lowest BCUT2D eigenvalue weighted by atomic mass is 10.1. The molecule has 0 radical (unpaired) electrons. The molecule has 80 valence electrons. The van der Waals surface area contributed by atoms with E-state index in [4.69, 9.17) is 5.26 Å². The van der Waals surface area contributed by atoms with Crippen molar-refractivity contribution in [1.29, 1.82) is 5.26 Å². The summed E-state index contributed by atoms with van der Waals surface area (Å²) in [5, 5.41) is 8.93. The molecule has 4 heteroatoms. The quantitative estimate of drug-likeness (QED) is 0.772. The molecule has 2 rings (SSSR count). The number of imidazole rings is 1. The van der Waals surface area contributed by atoms with Crippen LogP contribution in [0.2, 0.25) is 0 Å². The van der Waals surface area contributed by atoms with Crippen LogP contribution in [0.15, 0.2) is 30.6 Å². The second-order valence-corrected chi connectivity index (χ2v) is 3.31. The molecule has 0 spiro atoms. The van der Waals surface area contributed by atoms with Gasteiger partial charge in [0.05, 0.1) is 5.56 Å². The minimum Gasteiger partial charge on any atom is -0.331 e. The molecule has 0 saturated carbocycles. The summed E-state index contributed by atoms with van der Waals surface area (Å²) in [7, 11) is 0. The van der Waals surface area contributed by atoms with Crippen molar-refractivity contribution < 1.29 is 4.39 Å². The van der Waals surface area contributed by atoms with Crippen LogP contribution in [0, 0.1) is 17.1 Å². The molecule has 0 N–H and O–H groups in total. The van der Waals surface area contributed by atoms with E-state index in [0.717, 1.165) is 6.54 Å². The monoisotopic (exact) mass is 215 g/mol. The zero-order valence-electron chi connectivity index (χ0n) is 8.81. The summed E-state index contributed by atoms with van der Waals surface area (Å²) in [6.07, 6.45) is 3.45. The maximum Gasteiger partial charge on any atom is 0.141 e. The Morgan fingerprint density at radius 3 is 3.00 bits per heavy atom. The van der Waals surface area contributed by atoms with E-state index >= 15 is 0 Å². The van der Waals surface area contributed by atoms with Gasteiger partial charge in [0, 0.05) is 24.5 Å². The normalized spacial score (nSPS) is 10.1. The van der Waals surface area contributed by atoms with Crippen LogP contribution in [0.25, 0.3) is 11.4 Å². The molecule has 0 atom stereocenters. The van der Waals surface area contributed by atoms with Crippen molar-refractivity contribution in [3.63, 3.8) is 0 Å². The van der Waals surface area contributed by atoms with Crippen LogP contribution >= 0.6 is 0 Å². The molecular formula is C12H10FN3. The van der Waals surface area contributed by atoms with Gasteiger partial charge in [0.1, 0.15) is 17.7 Å². The van der Waals surface area contributed by atoms with Gasteiger partial charge in [0.15, 0.2) is 0 Å². The topological polar surface area (TPSA) is 41.6 Å². The largest absolute Gasteiger partial charge is 0.331 e. The molecule has 1 aromatic carbocycles. The third-order valence-electron chi connectivity index (χ3n) is 2.42. The molecule has 0 aliphatic heterocycles.